The van der Waals surface area contributed by atoms with E-state index in [0.717, 1.165) is 0 Å². The van der Waals surface area contributed by atoms with E-state index in [9.17, 15) is 13.2 Å². The minimum atomic E-state index is -3.70. The van der Waals surface area contributed by atoms with Crippen LogP contribution >= 0.6 is 11.3 Å². The highest BCUT2D eigenvalue weighted by atomic mass is 32.2. The Bertz CT molecular complexity index is 786. The highest BCUT2D eigenvalue weighted by Crippen LogP contribution is 2.24. The minimum absolute atomic E-state index is 0.0999. The Morgan fingerprint density at radius 1 is 1.39 bits per heavy atom. The summed E-state index contributed by atoms with van der Waals surface area (Å²) < 4.78 is 32.4. The molecule has 0 aliphatic carbocycles. The van der Waals surface area contributed by atoms with E-state index in [1.165, 1.54) is 40.6 Å². The summed E-state index contributed by atoms with van der Waals surface area (Å²) in [4.78, 5) is 16.9. The van der Waals surface area contributed by atoms with Gasteiger partial charge in [-0.05, 0) is 30.7 Å². The van der Waals surface area contributed by atoms with Crippen LogP contribution in [0.5, 0.6) is 5.75 Å². The molecule has 0 radical (unpaired) electrons. The fraction of sp³-hybridized carbons (Fsp3) is 0.286. The molecule has 0 atom stereocenters. The zero-order valence-corrected chi connectivity index (χ0v) is 14.6. The Kier molecular flexibility index (Phi) is 5.22. The number of anilines is 1. The lowest BCUT2D eigenvalue weighted by atomic mass is 10.2. The molecule has 2 aromatic rings. The molecule has 0 unspecified atom stereocenters. The van der Waals surface area contributed by atoms with Gasteiger partial charge < -0.3 is 9.64 Å². The third kappa shape index (κ3) is 4.42. The van der Waals surface area contributed by atoms with Crippen molar-refractivity contribution in [3.8, 4) is 5.75 Å². The fourth-order valence-electron chi connectivity index (χ4n) is 1.67. The Morgan fingerprint density at radius 3 is 2.70 bits per heavy atom. The van der Waals surface area contributed by atoms with Crippen LogP contribution < -0.4 is 9.46 Å². The van der Waals surface area contributed by atoms with Gasteiger partial charge in [0.15, 0.2) is 11.7 Å². The summed E-state index contributed by atoms with van der Waals surface area (Å²) in [6, 6.07) is 4.46. The summed E-state index contributed by atoms with van der Waals surface area (Å²) in [5.41, 5.74) is 0.624. The van der Waals surface area contributed by atoms with E-state index < -0.39 is 10.0 Å². The summed E-state index contributed by atoms with van der Waals surface area (Å²) in [5.74, 6) is 0.292. The number of hydrogen-bond acceptors (Lipinski definition) is 6. The van der Waals surface area contributed by atoms with Crippen LogP contribution in [0.3, 0.4) is 0 Å². The number of carbonyl (C=O) groups is 1. The number of aryl methyl sites for hydroxylation is 1. The highest BCUT2D eigenvalue weighted by molar-refractivity contribution is 7.93. The van der Waals surface area contributed by atoms with Crippen molar-refractivity contribution < 1.29 is 17.9 Å². The third-order valence-corrected chi connectivity index (χ3v) is 5.11. The zero-order valence-electron chi connectivity index (χ0n) is 12.9. The van der Waals surface area contributed by atoms with Crippen molar-refractivity contribution in [1.82, 2.24) is 9.88 Å². The van der Waals surface area contributed by atoms with E-state index in [1.807, 2.05) is 0 Å². The number of rotatable bonds is 6. The smallest absolute Gasteiger partial charge is 0.263 e. The van der Waals surface area contributed by atoms with Crippen molar-refractivity contribution in [3.63, 3.8) is 0 Å². The lowest BCUT2D eigenvalue weighted by Crippen LogP contribution is -2.27. The van der Waals surface area contributed by atoms with Gasteiger partial charge in [-0.3, -0.25) is 9.52 Å². The number of carbonyl (C=O) groups excluding carboxylic acids is 1. The lowest BCUT2D eigenvalue weighted by Gasteiger charge is -2.13. The molecule has 23 heavy (non-hydrogen) atoms. The van der Waals surface area contributed by atoms with Gasteiger partial charge in [0.2, 0.25) is 0 Å². The first-order valence-electron chi connectivity index (χ1n) is 6.65. The molecule has 0 aliphatic rings. The monoisotopic (exact) mass is 355 g/mol. The zero-order chi connectivity index (χ0) is 17.0. The topological polar surface area (TPSA) is 88.6 Å². The summed E-state index contributed by atoms with van der Waals surface area (Å²) in [6.45, 7) is 1.62. The van der Waals surface area contributed by atoms with Gasteiger partial charge in [0.05, 0.1) is 4.90 Å². The number of amides is 1. The number of hydrogen-bond donors (Lipinski definition) is 1. The first-order valence-corrected chi connectivity index (χ1v) is 9.02. The van der Waals surface area contributed by atoms with Crippen molar-refractivity contribution in [2.45, 2.75) is 11.8 Å². The molecule has 2 rings (SSSR count). The molecule has 1 N–H and O–H groups in total. The van der Waals surface area contributed by atoms with Crippen LogP contribution in [-0.2, 0) is 14.8 Å². The summed E-state index contributed by atoms with van der Waals surface area (Å²) >= 11 is 1.20. The molecule has 1 aromatic carbocycles. The van der Waals surface area contributed by atoms with E-state index in [-0.39, 0.29) is 17.4 Å². The van der Waals surface area contributed by atoms with Crippen molar-refractivity contribution in [2.75, 3.05) is 25.4 Å². The molecule has 1 aromatic heterocycles. The molecule has 0 saturated heterocycles. The van der Waals surface area contributed by atoms with Gasteiger partial charge >= 0.3 is 0 Å². The molecule has 1 amide bonds. The minimum Gasteiger partial charge on any atom is -0.483 e. The van der Waals surface area contributed by atoms with E-state index in [4.69, 9.17) is 4.74 Å². The van der Waals surface area contributed by atoms with Gasteiger partial charge in [0.25, 0.3) is 15.9 Å². The molecule has 7 nitrogen and oxygen atoms in total. The van der Waals surface area contributed by atoms with Gasteiger partial charge in [-0.2, -0.15) is 0 Å². The molecule has 124 valence electrons. The predicted molar refractivity (Wildman–Crippen MR) is 88.3 cm³/mol. The standard InChI is InChI=1S/C14H17N3O4S2/c1-10-8-11(23(19,20)16-14-15-6-7-22-14)4-5-12(10)21-9-13(18)17(2)3/h4-8H,9H2,1-3H3,(H,15,16). The van der Waals surface area contributed by atoms with Crippen LogP contribution in [-0.4, -0.2) is 44.9 Å². The lowest BCUT2D eigenvalue weighted by molar-refractivity contribution is -0.130. The third-order valence-electron chi connectivity index (χ3n) is 2.96. The van der Waals surface area contributed by atoms with E-state index in [0.29, 0.717) is 16.4 Å². The first-order chi connectivity index (χ1) is 10.8. The van der Waals surface area contributed by atoms with Crippen LogP contribution in [0.2, 0.25) is 0 Å². The Hall–Kier alpha value is -2.13. The van der Waals surface area contributed by atoms with Crippen molar-refractivity contribution >= 4 is 32.4 Å². The second-order valence-electron chi connectivity index (χ2n) is 4.95. The summed E-state index contributed by atoms with van der Waals surface area (Å²) in [6.07, 6.45) is 1.52. The van der Waals surface area contributed by atoms with Crippen LogP contribution in [0.25, 0.3) is 0 Å². The second kappa shape index (κ2) is 6.97. The summed E-state index contributed by atoms with van der Waals surface area (Å²) in [7, 11) is -0.425. The van der Waals surface area contributed by atoms with Crippen molar-refractivity contribution in [3.05, 3.63) is 35.3 Å². The van der Waals surface area contributed by atoms with Gasteiger partial charge in [-0.1, -0.05) is 0 Å². The molecule has 1 heterocycles. The van der Waals surface area contributed by atoms with Crippen LogP contribution in [0.4, 0.5) is 5.13 Å². The molecule has 0 saturated carbocycles. The van der Waals surface area contributed by atoms with Crippen molar-refractivity contribution in [2.24, 2.45) is 0 Å². The van der Waals surface area contributed by atoms with Crippen LogP contribution in [0, 0.1) is 6.92 Å². The molecular formula is C14H17N3O4S2. The number of sulfonamides is 1. The van der Waals surface area contributed by atoms with E-state index >= 15 is 0 Å². The quantitative estimate of drug-likeness (QED) is 0.852. The molecule has 0 bridgehead atoms. The maximum Gasteiger partial charge on any atom is 0.263 e. The average molecular weight is 355 g/mol. The predicted octanol–water partition coefficient (Wildman–Crippen LogP) is 1.72. The maximum absolute atomic E-state index is 12.3. The molecular weight excluding hydrogens is 338 g/mol. The Labute approximate surface area is 139 Å². The van der Waals surface area contributed by atoms with E-state index in [1.54, 1.807) is 26.4 Å². The highest BCUT2D eigenvalue weighted by Gasteiger charge is 2.17. The number of nitrogens with zero attached hydrogens (tertiary/aromatic N) is 2. The van der Waals surface area contributed by atoms with Crippen LogP contribution in [0.15, 0.2) is 34.7 Å². The average Bonchev–Trinajstić information content (AvgIpc) is 2.97. The molecule has 9 heteroatoms. The van der Waals surface area contributed by atoms with Gasteiger partial charge in [-0.15, -0.1) is 11.3 Å². The fourth-order valence-corrected chi connectivity index (χ4v) is 3.54. The van der Waals surface area contributed by atoms with Crippen molar-refractivity contribution in [1.29, 1.82) is 0 Å². The largest absolute Gasteiger partial charge is 0.483 e. The van der Waals surface area contributed by atoms with Gasteiger partial charge in [0, 0.05) is 25.7 Å². The Morgan fingerprint density at radius 2 is 2.13 bits per heavy atom. The van der Waals surface area contributed by atoms with Crippen LogP contribution in [0.1, 0.15) is 5.56 Å². The SMILES string of the molecule is Cc1cc(S(=O)(=O)Nc2nccs2)ccc1OCC(=O)N(C)C. The second-order valence-corrected chi connectivity index (χ2v) is 7.52. The van der Waals surface area contributed by atoms with Gasteiger partial charge in [-0.25, -0.2) is 13.4 Å². The molecule has 0 spiro atoms. The maximum atomic E-state index is 12.3. The normalized spacial score (nSPS) is 11.1. The molecule has 0 aliphatic heterocycles. The summed E-state index contributed by atoms with van der Waals surface area (Å²) in [5, 5.41) is 1.99. The molecule has 0 fully saturated rings. The number of aromatic nitrogens is 1. The number of nitrogens with one attached hydrogen (secondary N) is 1. The number of ether oxygens (including phenoxy) is 1. The number of benzene rings is 1. The van der Waals surface area contributed by atoms with Gasteiger partial charge in [0.1, 0.15) is 5.75 Å². The Balaban J connectivity index is 2.13. The first kappa shape index (κ1) is 17.2. The van der Waals surface area contributed by atoms with E-state index in [2.05, 4.69) is 9.71 Å². The number of likely N-dealkylation sites (N-methyl/N-ethyl adjacent to an activating group) is 1. The number of thiazole rings is 1.